The molecule has 5 rings (SSSR count). The maximum Gasteiger partial charge on any atom is 0.183 e. The van der Waals surface area contributed by atoms with E-state index in [9.17, 15) is 19.8 Å². The molecule has 7 heteroatoms. The first-order valence-electron chi connectivity index (χ1n) is 9.64. The summed E-state index contributed by atoms with van der Waals surface area (Å²) in [6, 6.07) is 0.246. The van der Waals surface area contributed by atoms with Gasteiger partial charge in [0.15, 0.2) is 22.8 Å². The van der Waals surface area contributed by atoms with Crippen molar-refractivity contribution in [2.45, 2.75) is 56.5 Å². The fourth-order valence-electron chi connectivity index (χ4n) is 6.17. The highest BCUT2D eigenvalue weighted by Crippen LogP contribution is 2.67. The van der Waals surface area contributed by atoms with Crippen molar-refractivity contribution in [2.24, 2.45) is 11.3 Å². The van der Waals surface area contributed by atoms with E-state index in [-0.39, 0.29) is 48.1 Å². The lowest BCUT2D eigenvalue weighted by Gasteiger charge is -2.59. The van der Waals surface area contributed by atoms with Crippen molar-refractivity contribution in [3.63, 3.8) is 0 Å². The normalized spacial score (nSPS) is 45.6. The third kappa shape index (κ3) is 1.99. The van der Waals surface area contributed by atoms with Gasteiger partial charge in [-0.05, 0) is 51.9 Å². The standard InChI is InChI=1S/C21H25NO5.ClH/c1-11(23)20(25)6-4-13-10-15-14-5-7-21(26,12(2)24)18-19(14,8-9-22(15)3)16(13)17(20)27-18;/h4-5,7,14-15,18,25-26H,6,8-10H2,1-3H3;1H/t14-,15+,18+,19-,20?,21+;/m0./s1. The molecule has 1 unspecified atom stereocenters. The minimum absolute atomic E-state index is 0. The Bertz CT molecular complexity index is 878. The molecule has 152 valence electrons. The molecule has 0 aromatic carbocycles. The minimum Gasteiger partial charge on any atom is -0.486 e. The van der Waals surface area contributed by atoms with Gasteiger partial charge in [0.1, 0.15) is 11.9 Å². The molecule has 0 aromatic heterocycles. The van der Waals surface area contributed by atoms with E-state index in [4.69, 9.17) is 4.74 Å². The van der Waals surface area contributed by atoms with E-state index in [0.29, 0.717) is 6.42 Å². The molecule has 1 saturated carbocycles. The predicted molar refractivity (Wildman–Crippen MR) is 104 cm³/mol. The summed E-state index contributed by atoms with van der Waals surface area (Å²) in [7, 11) is 2.10. The lowest BCUT2D eigenvalue weighted by molar-refractivity contribution is -0.166. The Morgan fingerprint density at radius 1 is 1.25 bits per heavy atom. The van der Waals surface area contributed by atoms with Gasteiger partial charge in [0, 0.05) is 29.4 Å². The van der Waals surface area contributed by atoms with Crippen LogP contribution >= 0.6 is 12.4 Å². The number of Topliss-reactive ketones (excluding diaryl/α,β-unsaturated/α-hetero) is 2. The second-order valence-corrected chi connectivity index (χ2v) is 8.86. The first-order chi connectivity index (χ1) is 12.7. The quantitative estimate of drug-likeness (QED) is 0.671. The molecule has 0 radical (unpaired) electrons. The van der Waals surface area contributed by atoms with E-state index >= 15 is 0 Å². The van der Waals surface area contributed by atoms with Crippen LogP contribution in [0, 0.1) is 11.3 Å². The highest BCUT2D eigenvalue weighted by molar-refractivity contribution is 5.91. The topological polar surface area (TPSA) is 87.1 Å². The zero-order valence-electron chi connectivity index (χ0n) is 16.3. The Morgan fingerprint density at radius 3 is 2.61 bits per heavy atom. The summed E-state index contributed by atoms with van der Waals surface area (Å²) >= 11 is 0. The third-order valence-corrected chi connectivity index (χ3v) is 7.72. The number of halogens is 1. The van der Waals surface area contributed by atoms with Gasteiger partial charge >= 0.3 is 0 Å². The summed E-state index contributed by atoms with van der Waals surface area (Å²) in [5.41, 5.74) is -2.10. The lowest BCUT2D eigenvalue weighted by atomic mass is 9.49. The molecule has 2 aliphatic heterocycles. The number of ether oxygens (including phenoxy) is 1. The van der Waals surface area contributed by atoms with Gasteiger partial charge in [-0.15, -0.1) is 12.4 Å². The van der Waals surface area contributed by atoms with Crippen LogP contribution in [0.5, 0.6) is 0 Å². The molecule has 1 saturated heterocycles. The Hall–Kier alpha value is -1.47. The first kappa shape index (κ1) is 19.8. The van der Waals surface area contributed by atoms with Gasteiger partial charge in [-0.3, -0.25) is 9.59 Å². The fourth-order valence-corrected chi connectivity index (χ4v) is 6.17. The highest BCUT2D eigenvalue weighted by Gasteiger charge is 2.71. The van der Waals surface area contributed by atoms with Crippen LogP contribution in [0.15, 0.2) is 35.1 Å². The lowest BCUT2D eigenvalue weighted by Crippen LogP contribution is -2.67. The number of ketones is 2. The molecule has 3 aliphatic carbocycles. The minimum atomic E-state index is -1.76. The van der Waals surface area contributed by atoms with Crippen LogP contribution in [0.3, 0.4) is 0 Å². The molecular weight excluding hydrogens is 382 g/mol. The largest absolute Gasteiger partial charge is 0.486 e. The Morgan fingerprint density at radius 2 is 1.96 bits per heavy atom. The van der Waals surface area contributed by atoms with Crippen LogP contribution in [0.4, 0.5) is 0 Å². The summed E-state index contributed by atoms with van der Waals surface area (Å²) < 4.78 is 6.24. The zero-order chi connectivity index (χ0) is 19.4. The molecule has 28 heavy (non-hydrogen) atoms. The van der Waals surface area contributed by atoms with E-state index in [0.717, 1.165) is 24.1 Å². The average molecular weight is 408 g/mol. The smallest absolute Gasteiger partial charge is 0.183 e. The third-order valence-electron chi connectivity index (χ3n) is 7.72. The number of hydrogen-bond donors (Lipinski definition) is 2. The molecule has 2 N–H and O–H groups in total. The van der Waals surface area contributed by atoms with E-state index in [1.807, 2.05) is 12.2 Å². The molecule has 1 spiro atoms. The van der Waals surface area contributed by atoms with Crippen molar-refractivity contribution in [1.29, 1.82) is 0 Å². The fraction of sp³-hybridized carbons (Fsp3) is 0.619. The van der Waals surface area contributed by atoms with Crippen molar-refractivity contribution >= 4 is 24.0 Å². The molecular formula is C21H26ClNO5. The number of carbonyl (C=O) groups excluding carboxylic acids is 2. The molecule has 6 nitrogen and oxygen atoms in total. The second kappa shape index (κ2) is 5.79. The van der Waals surface area contributed by atoms with Gasteiger partial charge < -0.3 is 19.8 Å². The molecule has 2 heterocycles. The zero-order valence-corrected chi connectivity index (χ0v) is 17.1. The summed E-state index contributed by atoms with van der Waals surface area (Å²) in [5, 5.41) is 22.5. The van der Waals surface area contributed by atoms with E-state index in [1.54, 1.807) is 6.08 Å². The summed E-state index contributed by atoms with van der Waals surface area (Å²) in [4.78, 5) is 27.1. The number of aliphatic hydroxyl groups is 2. The van der Waals surface area contributed by atoms with E-state index in [2.05, 4.69) is 11.9 Å². The first-order valence-corrected chi connectivity index (χ1v) is 9.64. The average Bonchev–Trinajstić information content (AvgIpc) is 2.98. The summed E-state index contributed by atoms with van der Waals surface area (Å²) in [6.45, 7) is 3.54. The SMILES string of the molecule is CC(=O)C1(O)CC=C2C[C@@H]3[C@@H]4C=C[C@@](O)(C(C)=O)[C@@H]5OC1=C2[C@@]54CCN3C.Cl. The highest BCUT2D eigenvalue weighted by atomic mass is 35.5. The van der Waals surface area contributed by atoms with Crippen LogP contribution in [-0.2, 0) is 14.3 Å². The monoisotopic (exact) mass is 407 g/mol. The van der Waals surface area contributed by atoms with Crippen molar-refractivity contribution in [1.82, 2.24) is 4.90 Å². The number of hydrogen-bond acceptors (Lipinski definition) is 6. The van der Waals surface area contributed by atoms with E-state index in [1.165, 1.54) is 13.8 Å². The Labute approximate surface area is 170 Å². The van der Waals surface area contributed by atoms with Gasteiger partial charge in [0.05, 0.1) is 0 Å². The predicted octanol–water partition coefficient (Wildman–Crippen LogP) is 1.31. The van der Waals surface area contributed by atoms with E-state index < -0.39 is 22.7 Å². The molecule has 2 fully saturated rings. The van der Waals surface area contributed by atoms with Crippen LogP contribution < -0.4 is 0 Å². The number of rotatable bonds is 2. The molecule has 0 amide bonds. The number of carbonyl (C=O) groups is 2. The molecule has 0 aromatic rings. The van der Waals surface area contributed by atoms with Crippen LogP contribution in [0.25, 0.3) is 0 Å². The van der Waals surface area contributed by atoms with Crippen molar-refractivity contribution < 1.29 is 24.5 Å². The van der Waals surface area contributed by atoms with Gasteiger partial charge in [-0.25, -0.2) is 0 Å². The summed E-state index contributed by atoms with van der Waals surface area (Å²) in [6.07, 6.45) is 6.39. The van der Waals surface area contributed by atoms with Crippen LogP contribution in [-0.4, -0.2) is 63.6 Å². The van der Waals surface area contributed by atoms with Crippen molar-refractivity contribution in [2.75, 3.05) is 13.6 Å². The number of likely N-dealkylation sites (tertiary alicyclic amines) is 1. The number of nitrogens with zero attached hydrogens (tertiary/aromatic N) is 1. The van der Waals surface area contributed by atoms with Crippen molar-refractivity contribution in [3.8, 4) is 0 Å². The van der Waals surface area contributed by atoms with Gasteiger partial charge in [0.25, 0.3) is 0 Å². The Balaban J connectivity index is 0.00000192. The van der Waals surface area contributed by atoms with Gasteiger partial charge in [0.2, 0.25) is 0 Å². The van der Waals surface area contributed by atoms with Gasteiger partial charge in [-0.2, -0.15) is 0 Å². The van der Waals surface area contributed by atoms with Crippen LogP contribution in [0.2, 0.25) is 0 Å². The maximum atomic E-state index is 12.4. The molecule has 6 atom stereocenters. The number of piperidine rings is 1. The van der Waals surface area contributed by atoms with Crippen LogP contribution in [0.1, 0.15) is 33.1 Å². The maximum absolute atomic E-state index is 12.4. The van der Waals surface area contributed by atoms with Crippen molar-refractivity contribution in [3.05, 3.63) is 35.1 Å². The molecule has 5 aliphatic rings. The molecule has 2 bridgehead atoms. The van der Waals surface area contributed by atoms with Gasteiger partial charge in [-0.1, -0.05) is 12.2 Å². The summed E-state index contributed by atoms with van der Waals surface area (Å²) in [5.74, 6) is -0.413. The second-order valence-electron chi connectivity index (χ2n) is 8.86. The Kier molecular flexibility index (Phi) is 4.10.